The number of rotatable bonds is 12. The number of piperazine rings is 1. The summed E-state index contributed by atoms with van der Waals surface area (Å²) in [5, 5.41) is 3.56. The summed E-state index contributed by atoms with van der Waals surface area (Å²) in [5.74, 6) is 0.866. The lowest BCUT2D eigenvalue weighted by molar-refractivity contribution is 0.133. The molecule has 2 aliphatic rings. The Morgan fingerprint density at radius 2 is 1.90 bits per heavy atom. The first-order chi connectivity index (χ1) is 19.4. The molecule has 2 aromatic rings. The van der Waals surface area contributed by atoms with Gasteiger partial charge in [-0.3, -0.25) is 14.8 Å². The minimum absolute atomic E-state index is 0.321. The molecule has 4 rings (SSSR count). The third-order valence-corrected chi connectivity index (χ3v) is 7.59. The molecule has 214 valence electrons. The van der Waals surface area contributed by atoms with Crippen molar-refractivity contribution >= 4 is 23.4 Å². The molecule has 0 radical (unpaired) electrons. The van der Waals surface area contributed by atoms with Gasteiger partial charge in [-0.1, -0.05) is 30.3 Å². The Morgan fingerprint density at radius 1 is 1.15 bits per heavy atom. The second-order valence-electron chi connectivity index (χ2n) is 10.7. The van der Waals surface area contributed by atoms with Gasteiger partial charge in [0.05, 0.1) is 11.4 Å². The maximum Gasteiger partial charge on any atom is 0.251 e. The number of hydrogen-bond donors (Lipinski definition) is 1. The lowest BCUT2D eigenvalue weighted by Gasteiger charge is -2.35. The van der Waals surface area contributed by atoms with Gasteiger partial charge >= 0.3 is 0 Å². The number of allylic oxidation sites excluding steroid dienone is 2. The van der Waals surface area contributed by atoms with E-state index >= 15 is 0 Å². The van der Waals surface area contributed by atoms with Crippen molar-refractivity contribution in [3.8, 4) is 5.75 Å². The van der Waals surface area contributed by atoms with Gasteiger partial charge in [0.1, 0.15) is 5.75 Å². The molecule has 0 aliphatic carbocycles. The monoisotopic (exact) mass is 562 g/mol. The molecular formula is C32H43ClN6O. The number of halogens is 1. The van der Waals surface area contributed by atoms with Crippen molar-refractivity contribution in [2.24, 2.45) is 0 Å². The number of fused-ring (bicyclic) bond motifs is 1. The minimum atomic E-state index is -0.321. The molecule has 1 aromatic heterocycles. The van der Waals surface area contributed by atoms with Gasteiger partial charge in [0.15, 0.2) is 0 Å². The van der Waals surface area contributed by atoms with Crippen molar-refractivity contribution in [3.63, 3.8) is 0 Å². The SMILES string of the molecule is C=Cc1cc(Cc2ccc3c(c2)N(C)C(NC(/C=C\C)=C/C(=C/Cl)CN2CCN(CCN(C)C)CC2)O3)ccn1. The summed E-state index contributed by atoms with van der Waals surface area (Å²) in [6.45, 7) is 13.1. The zero-order valence-electron chi connectivity index (χ0n) is 24.3. The zero-order chi connectivity index (χ0) is 28.5. The standard InChI is InChI=1S/C32H43ClN6O/c1-6-8-29(21-27(23-33)24-39-17-15-38(16-18-39)14-13-36(3)4)35-32-37(5)30-22-25(9-10-31(30)40-32)19-26-11-12-34-28(7-2)20-26/h6-12,20-23,32,35H,2,13-19,24H2,1,3-5H3/b8-6-,27-23-,29-21+. The van der Waals surface area contributed by atoms with Crippen LogP contribution in [0, 0.1) is 0 Å². The lowest BCUT2D eigenvalue weighted by Crippen LogP contribution is -2.48. The van der Waals surface area contributed by atoms with Crippen LogP contribution < -0.4 is 15.0 Å². The fourth-order valence-electron chi connectivity index (χ4n) is 4.99. The maximum atomic E-state index is 6.31. The highest BCUT2D eigenvalue weighted by molar-refractivity contribution is 6.25. The number of likely N-dealkylation sites (N-methyl/N-ethyl adjacent to an activating group) is 1. The van der Waals surface area contributed by atoms with Crippen LogP contribution in [-0.2, 0) is 6.42 Å². The molecule has 1 aromatic carbocycles. The van der Waals surface area contributed by atoms with E-state index in [4.69, 9.17) is 16.3 Å². The number of hydrogen-bond acceptors (Lipinski definition) is 7. The Bertz CT molecular complexity index is 1230. The van der Waals surface area contributed by atoms with Gasteiger partial charge in [0, 0.05) is 70.3 Å². The van der Waals surface area contributed by atoms with Crippen LogP contribution >= 0.6 is 11.6 Å². The molecule has 1 N–H and O–H groups in total. The fourth-order valence-corrected chi connectivity index (χ4v) is 5.13. The van der Waals surface area contributed by atoms with E-state index in [1.165, 1.54) is 11.1 Å². The van der Waals surface area contributed by atoms with Crippen LogP contribution in [-0.4, -0.2) is 93.0 Å². The van der Waals surface area contributed by atoms with Crippen LogP contribution in [0.15, 0.2) is 78.1 Å². The number of pyridine rings is 1. The highest BCUT2D eigenvalue weighted by Crippen LogP contribution is 2.37. The van der Waals surface area contributed by atoms with E-state index in [0.717, 1.165) is 80.6 Å². The Kier molecular flexibility index (Phi) is 10.8. The quantitative estimate of drug-likeness (QED) is 0.374. The summed E-state index contributed by atoms with van der Waals surface area (Å²) in [7, 11) is 6.31. The average molecular weight is 563 g/mol. The number of ether oxygens (including phenoxy) is 1. The van der Waals surface area contributed by atoms with Crippen molar-refractivity contribution in [1.82, 2.24) is 25.0 Å². The number of anilines is 1. The first-order valence-electron chi connectivity index (χ1n) is 14.0. The molecule has 1 atom stereocenters. The number of benzene rings is 1. The van der Waals surface area contributed by atoms with Crippen molar-refractivity contribution < 1.29 is 4.74 Å². The number of nitrogens with one attached hydrogen (secondary N) is 1. The third kappa shape index (κ3) is 8.21. The van der Waals surface area contributed by atoms with Crippen molar-refractivity contribution in [2.45, 2.75) is 19.7 Å². The number of aromatic nitrogens is 1. The largest absolute Gasteiger partial charge is 0.450 e. The average Bonchev–Trinajstić information content (AvgIpc) is 3.26. The van der Waals surface area contributed by atoms with Crippen LogP contribution in [0.1, 0.15) is 23.7 Å². The summed E-state index contributed by atoms with van der Waals surface area (Å²) in [4.78, 5) is 13.7. The predicted molar refractivity (Wildman–Crippen MR) is 168 cm³/mol. The molecule has 0 bridgehead atoms. The molecule has 0 spiro atoms. The normalized spacial score (nSPS) is 18.9. The molecule has 3 heterocycles. The molecule has 7 nitrogen and oxygen atoms in total. The molecule has 1 saturated heterocycles. The molecule has 8 heteroatoms. The summed E-state index contributed by atoms with van der Waals surface area (Å²) >= 11 is 6.31. The summed E-state index contributed by atoms with van der Waals surface area (Å²) in [6.07, 6.45) is 10.3. The Balaban J connectivity index is 1.37. The van der Waals surface area contributed by atoms with Gasteiger partial charge in [-0.2, -0.15) is 0 Å². The van der Waals surface area contributed by atoms with Crippen molar-refractivity contribution in [2.75, 3.05) is 71.9 Å². The molecular weight excluding hydrogens is 520 g/mol. The Morgan fingerprint density at radius 3 is 2.60 bits per heavy atom. The van der Waals surface area contributed by atoms with Crippen LogP contribution in [0.2, 0.25) is 0 Å². The maximum absolute atomic E-state index is 6.31. The van der Waals surface area contributed by atoms with E-state index in [1.54, 1.807) is 11.6 Å². The topological polar surface area (TPSA) is 47.1 Å². The molecule has 1 fully saturated rings. The van der Waals surface area contributed by atoms with Crippen LogP contribution in [0.5, 0.6) is 5.75 Å². The fraction of sp³-hybridized carbons (Fsp3) is 0.406. The first-order valence-corrected chi connectivity index (χ1v) is 14.4. The van der Waals surface area contributed by atoms with Gasteiger partial charge < -0.3 is 19.9 Å². The molecule has 40 heavy (non-hydrogen) atoms. The van der Waals surface area contributed by atoms with E-state index in [0.29, 0.717) is 0 Å². The molecule has 1 unspecified atom stereocenters. The van der Waals surface area contributed by atoms with Gasteiger partial charge in [-0.25, -0.2) is 0 Å². The Labute approximate surface area is 245 Å². The molecule has 0 saturated carbocycles. The highest BCUT2D eigenvalue weighted by Gasteiger charge is 2.28. The Hall–Kier alpha value is -3.10. The van der Waals surface area contributed by atoms with Gasteiger partial charge in [-0.05, 0) is 86.6 Å². The summed E-state index contributed by atoms with van der Waals surface area (Å²) < 4.78 is 6.30. The third-order valence-electron chi connectivity index (χ3n) is 7.31. The van der Waals surface area contributed by atoms with Crippen LogP contribution in [0.3, 0.4) is 0 Å². The van der Waals surface area contributed by atoms with E-state index in [2.05, 4.69) is 94.0 Å². The van der Waals surface area contributed by atoms with Gasteiger partial charge in [-0.15, -0.1) is 0 Å². The van der Waals surface area contributed by atoms with Gasteiger partial charge in [0.25, 0.3) is 6.35 Å². The van der Waals surface area contributed by atoms with E-state index in [-0.39, 0.29) is 6.35 Å². The van der Waals surface area contributed by atoms with Crippen LogP contribution in [0.25, 0.3) is 6.08 Å². The zero-order valence-corrected chi connectivity index (χ0v) is 25.1. The van der Waals surface area contributed by atoms with E-state index in [9.17, 15) is 0 Å². The first kappa shape index (κ1) is 29.9. The van der Waals surface area contributed by atoms with E-state index < -0.39 is 0 Å². The molecule has 0 amide bonds. The number of nitrogens with zero attached hydrogens (tertiary/aromatic N) is 5. The smallest absolute Gasteiger partial charge is 0.251 e. The predicted octanol–water partition coefficient (Wildman–Crippen LogP) is 4.78. The summed E-state index contributed by atoms with van der Waals surface area (Å²) in [6, 6.07) is 10.5. The van der Waals surface area contributed by atoms with Gasteiger partial charge in [0.2, 0.25) is 0 Å². The lowest BCUT2D eigenvalue weighted by atomic mass is 10.0. The minimum Gasteiger partial charge on any atom is -0.450 e. The van der Waals surface area contributed by atoms with Crippen LogP contribution in [0.4, 0.5) is 5.69 Å². The van der Waals surface area contributed by atoms with Crippen molar-refractivity contribution in [3.05, 3.63) is 95.0 Å². The summed E-state index contributed by atoms with van der Waals surface area (Å²) in [5.41, 5.74) is 8.09. The molecule has 2 aliphatic heterocycles. The van der Waals surface area contributed by atoms with E-state index in [1.807, 2.05) is 25.3 Å². The highest BCUT2D eigenvalue weighted by atomic mass is 35.5. The second kappa shape index (κ2) is 14.5. The van der Waals surface area contributed by atoms with Crippen molar-refractivity contribution in [1.29, 1.82) is 0 Å². The second-order valence-corrected chi connectivity index (χ2v) is 10.9.